The van der Waals surface area contributed by atoms with E-state index in [2.05, 4.69) is 19.2 Å². The molecule has 3 heteroatoms. The third-order valence-electron chi connectivity index (χ3n) is 3.79. The van der Waals surface area contributed by atoms with Crippen LogP contribution in [-0.4, -0.2) is 36.5 Å². The van der Waals surface area contributed by atoms with Gasteiger partial charge in [-0.1, -0.05) is 6.42 Å². The molecule has 2 aliphatic rings. The molecular weight excluding hydrogens is 188 g/mol. The van der Waals surface area contributed by atoms with E-state index < -0.39 is 0 Å². The highest BCUT2D eigenvalue weighted by atomic mass is 16.2. The normalized spacial score (nSPS) is 32.7. The Morgan fingerprint density at radius 2 is 2.20 bits per heavy atom. The van der Waals surface area contributed by atoms with Gasteiger partial charge in [0.15, 0.2) is 0 Å². The maximum absolute atomic E-state index is 11.9. The number of carbonyl (C=O) groups excluding carboxylic acids is 1. The Hall–Kier alpha value is -0.570. The number of nitrogens with one attached hydrogen (secondary N) is 1. The van der Waals surface area contributed by atoms with Gasteiger partial charge >= 0.3 is 0 Å². The minimum atomic E-state index is 0.248. The van der Waals surface area contributed by atoms with Crippen molar-refractivity contribution in [3.8, 4) is 0 Å². The maximum Gasteiger partial charge on any atom is 0.223 e. The molecule has 2 heterocycles. The van der Waals surface area contributed by atoms with Crippen molar-refractivity contribution in [1.29, 1.82) is 0 Å². The summed E-state index contributed by atoms with van der Waals surface area (Å²) < 4.78 is 0. The fourth-order valence-corrected chi connectivity index (χ4v) is 2.88. The summed E-state index contributed by atoms with van der Waals surface area (Å²) in [5.74, 6) is 0.355. The first-order valence-electron chi connectivity index (χ1n) is 6.13. The van der Waals surface area contributed by atoms with Crippen LogP contribution in [0.25, 0.3) is 0 Å². The molecule has 1 atom stereocenters. The van der Waals surface area contributed by atoms with Gasteiger partial charge in [0.2, 0.25) is 5.91 Å². The lowest BCUT2D eigenvalue weighted by Crippen LogP contribution is -2.37. The summed E-state index contributed by atoms with van der Waals surface area (Å²) in [5, 5.41) is 3.48. The minimum absolute atomic E-state index is 0.248. The number of hydrogen-bond donors (Lipinski definition) is 1. The Bertz CT molecular complexity index is 242. The summed E-state index contributed by atoms with van der Waals surface area (Å²) in [6.07, 6.45) is 4.51. The average Bonchev–Trinajstić information content (AvgIpc) is 2.36. The highest BCUT2D eigenvalue weighted by molar-refractivity contribution is 5.79. The first-order valence-corrected chi connectivity index (χ1v) is 6.13. The highest BCUT2D eigenvalue weighted by Crippen LogP contribution is 2.37. The van der Waals surface area contributed by atoms with Gasteiger partial charge in [0.25, 0.3) is 0 Å². The Balaban J connectivity index is 2.07. The number of hydrogen-bond acceptors (Lipinski definition) is 2. The third kappa shape index (κ3) is 2.17. The van der Waals surface area contributed by atoms with Crippen molar-refractivity contribution in [3.05, 3.63) is 0 Å². The molecule has 1 N–H and O–H groups in total. The van der Waals surface area contributed by atoms with E-state index in [1.807, 2.05) is 4.90 Å². The van der Waals surface area contributed by atoms with Crippen molar-refractivity contribution in [2.45, 2.75) is 45.6 Å². The maximum atomic E-state index is 11.9. The van der Waals surface area contributed by atoms with Crippen molar-refractivity contribution in [3.63, 3.8) is 0 Å². The summed E-state index contributed by atoms with van der Waals surface area (Å²) in [6, 6.07) is 0.361. The van der Waals surface area contributed by atoms with Gasteiger partial charge in [0.05, 0.1) is 0 Å². The number of carbonyl (C=O) groups is 1. The third-order valence-corrected chi connectivity index (χ3v) is 3.79. The standard InChI is InChI=1S/C12H22N2O/c1-10(2)14-9-12(7-11(14)15)5-3-4-6-13-8-12/h10,13H,3-9H2,1-2H3. The zero-order valence-corrected chi connectivity index (χ0v) is 9.88. The smallest absolute Gasteiger partial charge is 0.223 e. The zero-order valence-electron chi connectivity index (χ0n) is 9.88. The quantitative estimate of drug-likeness (QED) is 0.709. The molecule has 15 heavy (non-hydrogen) atoms. The molecule has 0 aromatic heterocycles. The van der Waals surface area contributed by atoms with Gasteiger partial charge in [0.1, 0.15) is 0 Å². The largest absolute Gasteiger partial charge is 0.340 e. The van der Waals surface area contributed by atoms with Gasteiger partial charge < -0.3 is 10.2 Å². The van der Waals surface area contributed by atoms with Crippen molar-refractivity contribution >= 4 is 5.91 Å². The molecule has 0 aromatic carbocycles. The summed E-state index contributed by atoms with van der Waals surface area (Å²) in [6.45, 7) is 7.35. The molecule has 0 bridgehead atoms. The second-order valence-electron chi connectivity index (χ2n) is 5.43. The topological polar surface area (TPSA) is 32.3 Å². The number of likely N-dealkylation sites (tertiary alicyclic amines) is 1. The fraction of sp³-hybridized carbons (Fsp3) is 0.917. The number of amides is 1. The van der Waals surface area contributed by atoms with Crippen LogP contribution in [0.5, 0.6) is 0 Å². The van der Waals surface area contributed by atoms with Crippen LogP contribution in [0.2, 0.25) is 0 Å². The predicted molar refractivity (Wildman–Crippen MR) is 60.6 cm³/mol. The second kappa shape index (κ2) is 4.12. The van der Waals surface area contributed by atoms with Gasteiger partial charge in [-0.15, -0.1) is 0 Å². The number of nitrogens with zero attached hydrogens (tertiary/aromatic N) is 1. The lowest BCUT2D eigenvalue weighted by atomic mass is 9.82. The molecule has 2 fully saturated rings. The van der Waals surface area contributed by atoms with E-state index in [1.165, 1.54) is 19.3 Å². The van der Waals surface area contributed by atoms with Crippen LogP contribution in [0, 0.1) is 5.41 Å². The second-order valence-corrected chi connectivity index (χ2v) is 5.43. The first kappa shape index (κ1) is 10.9. The van der Waals surface area contributed by atoms with Crippen LogP contribution < -0.4 is 5.32 Å². The van der Waals surface area contributed by atoms with Crippen LogP contribution >= 0.6 is 0 Å². The van der Waals surface area contributed by atoms with Gasteiger partial charge in [-0.25, -0.2) is 0 Å². The monoisotopic (exact) mass is 210 g/mol. The average molecular weight is 210 g/mol. The van der Waals surface area contributed by atoms with Crippen LogP contribution in [0.15, 0.2) is 0 Å². The molecule has 86 valence electrons. The van der Waals surface area contributed by atoms with Crippen molar-refractivity contribution in [2.75, 3.05) is 19.6 Å². The number of rotatable bonds is 1. The van der Waals surface area contributed by atoms with Gasteiger partial charge in [0, 0.05) is 31.0 Å². The van der Waals surface area contributed by atoms with Crippen LogP contribution in [0.4, 0.5) is 0 Å². The molecule has 0 saturated carbocycles. The lowest BCUT2D eigenvalue weighted by molar-refractivity contribution is -0.129. The fourth-order valence-electron chi connectivity index (χ4n) is 2.88. The van der Waals surface area contributed by atoms with Gasteiger partial charge in [-0.2, -0.15) is 0 Å². The SMILES string of the molecule is CC(C)N1CC2(CCCCNC2)CC1=O. The predicted octanol–water partition coefficient (Wildman–Crippen LogP) is 1.39. The van der Waals surface area contributed by atoms with E-state index in [9.17, 15) is 4.79 Å². The van der Waals surface area contributed by atoms with Crippen LogP contribution in [0.3, 0.4) is 0 Å². The Kier molecular flexibility index (Phi) is 3.01. The summed E-state index contributed by atoms with van der Waals surface area (Å²) in [7, 11) is 0. The van der Waals surface area contributed by atoms with Gasteiger partial charge in [-0.05, 0) is 33.2 Å². The van der Waals surface area contributed by atoms with Crippen molar-refractivity contribution in [1.82, 2.24) is 10.2 Å². The summed E-state index contributed by atoms with van der Waals surface area (Å²) in [5.41, 5.74) is 0.248. The molecule has 3 nitrogen and oxygen atoms in total. The molecule has 1 unspecified atom stereocenters. The molecule has 0 radical (unpaired) electrons. The minimum Gasteiger partial charge on any atom is -0.340 e. The highest BCUT2D eigenvalue weighted by Gasteiger charge is 2.43. The molecule has 1 amide bonds. The Morgan fingerprint density at radius 1 is 1.40 bits per heavy atom. The Labute approximate surface area is 92.2 Å². The molecular formula is C12H22N2O. The van der Waals surface area contributed by atoms with E-state index in [1.54, 1.807) is 0 Å². The van der Waals surface area contributed by atoms with Crippen LogP contribution in [-0.2, 0) is 4.79 Å². The van der Waals surface area contributed by atoms with E-state index in [0.717, 1.165) is 26.1 Å². The lowest BCUT2D eigenvalue weighted by Gasteiger charge is -2.28. The summed E-state index contributed by atoms with van der Waals surface area (Å²) >= 11 is 0. The van der Waals surface area contributed by atoms with Crippen molar-refractivity contribution < 1.29 is 4.79 Å². The molecule has 0 aromatic rings. The zero-order chi connectivity index (χ0) is 10.9. The van der Waals surface area contributed by atoms with E-state index in [0.29, 0.717) is 11.9 Å². The first-order chi connectivity index (χ1) is 7.13. The molecule has 2 aliphatic heterocycles. The molecule has 2 saturated heterocycles. The molecule has 0 aliphatic carbocycles. The molecule has 2 rings (SSSR count). The van der Waals surface area contributed by atoms with Crippen LogP contribution in [0.1, 0.15) is 39.5 Å². The summed E-state index contributed by atoms with van der Waals surface area (Å²) in [4.78, 5) is 13.9. The Morgan fingerprint density at radius 3 is 2.87 bits per heavy atom. The van der Waals surface area contributed by atoms with E-state index in [4.69, 9.17) is 0 Å². The van der Waals surface area contributed by atoms with E-state index >= 15 is 0 Å². The van der Waals surface area contributed by atoms with Gasteiger partial charge in [-0.3, -0.25) is 4.79 Å². The van der Waals surface area contributed by atoms with E-state index in [-0.39, 0.29) is 5.41 Å². The van der Waals surface area contributed by atoms with Crippen molar-refractivity contribution in [2.24, 2.45) is 5.41 Å². The molecule has 1 spiro atoms.